The number of carbonyl (C=O) groups is 4. The lowest BCUT2D eigenvalue weighted by Gasteiger charge is -2.18. The Morgan fingerprint density at radius 3 is 1.18 bits per heavy atom. The van der Waals surface area contributed by atoms with Crippen molar-refractivity contribution in [2.24, 2.45) is 22.6 Å². The fraction of sp³-hybridized carbons (Fsp3) is 0.220. The maximum absolute atomic E-state index is 12.4. The Kier molecular flexibility index (Phi) is 35.2. The predicted octanol–water partition coefficient (Wildman–Crippen LogP) is 12.2. The molecule has 3 aromatic heterocycles. The average Bonchev–Trinajstić information content (AvgIpc) is 0.815. The summed E-state index contributed by atoms with van der Waals surface area (Å²) < 4.78 is 15.2. The quantitative estimate of drug-likeness (QED) is 0.0114. The summed E-state index contributed by atoms with van der Waals surface area (Å²) in [7, 11) is 1.36. The van der Waals surface area contributed by atoms with E-state index in [0.717, 1.165) is 95.4 Å². The second kappa shape index (κ2) is 44.7. The first kappa shape index (κ1) is 85.0. The van der Waals surface area contributed by atoms with E-state index in [1.165, 1.54) is 49.6 Å². The van der Waals surface area contributed by atoms with E-state index in [1.807, 2.05) is 113 Å². The Balaban J connectivity index is 0.000000252. The van der Waals surface area contributed by atoms with Gasteiger partial charge in [0.15, 0.2) is 0 Å². The van der Waals surface area contributed by atoms with Crippen LogP contribution in [0.3, 0.4) is 0 Å². The van der Waals surface area contributed by atoms with E-state index in [4.69, 9.17) is 78.9 Å². The van der Waals surface area contributed by atoms with Crippen LogP contribution in [0.4, 0.5) is 34.1 Å². The van der Waals surface area contributed by atoms with Gasteiger partial charge in [0.2, 0.25) is 5.91 Å². The first-order chi connectivity index (χ1) is 52.0. The Bertz CT molecular complexity index is 4690. The topological polar surface area (TPSA) is 460 Å². The zero-order chi connectivity index (χ0) is 79.1. The second-order valence-electron chi connectivity index (χ2n) is 24.0. The number of amides is 1. The number of nitrogens with one attached hydrogen (secondary N) is 1. The highest BCUT2D eigenvalue weighted by molar-refractivity contribution is 6.08. The smallest absolute Gasteiger partial charge is 0.373 e. The van der Waals surface area contributed by atoms with Gasteiger partial charge in [-0.25, -0.2) is 29.9 Å². The number of anilines is 6. The lowest BCUT2D eigenvalue weighted by molar-refractivity contribution is -0.193. The van der Waals surface area contributed by atoms with Gasteiger partial charge in [-0.1, -0.05) is 86.6 Å². The van der Waals surface area contributed by atoms with Crippen LogP contribution in [-0.4, -0.2) is 99.3 Å². The molecule has 0 aliphatic rings. The number of hydrogen-bond donors (Lipinski definition) is 8. The SMILES string of the molecule is C=N/C=C(\C=N)c1ccc(-c2cc(N)cc(N)c2)c(CCC(=O)OC)c1.CCOC(=O)C(CC)Cc1cc(-c2cncnc2)ccc1-c1cc(N)cc(N)c1.CCOC(=O)C(CC)Cc1cc(-c2cncnc2)ccc1C.NC(=O)CCc1cc(-c2cncnc2)ccc1-c1cc(N)cc(N)c1.O=C=O.O=C=O. The summed E-state index contributed by atoms with van der Waals surface area (Å²) in [4.78, 5) is 108. The minimum Gasteiger partial charge on any atom is -0.469 e. The van der Waals surface area contributed by atoms with Gasteiger partial charge < -0.3 is 59.8 Å². The summed E-state index contributed by atoms with van der Waals surface area (Å²) in [5.41, 5.74) is 62.7. The summed E-state index contributed by atoms with van der Waals surface area (Å²) in [5.74, 6) is -1.25. The number of aryl methyl sites for hydroxylation is 3. The molecule has 108 heavy (non-hydrogen) atoms. The molecule has 0 aliphatic carbocycles. The van der Waals surface area contributed by atoms with Crippen LogP contribution in [0.2, 0.25) is 0 Å². The van der Waals surface area contributed by atoms with Crippen LogP contribution >= 0.6 is 0 Å². The molecule has 0 aliphatic heterocycles. The average molecular weight is 1460 g/mol. The van der Waals surface area contributed by atoms with Crippen LogP contribution in [0.5, 0.6) is 0 Å². The number of ether oxygens (including phenoxy) is 3. The molecule has 0 saturated heterocycles. The molecule has 2 unspecified atom stereocenters. The van der Waals surface area contributed by atoms with Gasteiger partial charge >= 0.3 is 30.2 Å². The summed E-state index contributed by atoms with van der Waals surface area (Å²) in [5, 5.41) is 7.56. The summed E-state index contributed by atoms with van der Waals surface area (Å²) in [6.07, 6.45) is 22.6. The lowest BCUT2D eigenvalue weighted by atomic mass is 9.88. The molecule has 10 aromatic rings. The number of nitrogen functional groups attached to an aromatic ring is 6. The molecule has 7 aromatic carbocycles. The zero-order valence-corrected chi connectivity index (χ0v) is 61.1. The van der Waals surface area contributed by atoms with Gasteiger partial charge in [0.25, 0.3) is 0 Å². The number of esters is 3. The molecule has 15 N–H and O–H groups in total. The monoisotopic (exact) mass is 1460 g/mol. The van der Waals surface area contributed by atoms with E-state index in [2.05, 4.69) is 72.8 Å². The fourth-order valence-corrected chi connectivity index (χ4v) is 11.4. The van der Waals surface area contributed by atoms with E-state index in [0.29, 0.717) is 85.0 Å². The van der Waals surface area contributed by atoms with Gasteiger partial charge in [-0.2, -0.15) is 19.2 Å². The second-order valence-corrected chi connectivity index (χ2v) is 24.0. The Morgan fingerprint density at radius 2 is 0.815 bits per heavy atom. The maximum atomic E-state index is 12.4. The normalized spacial score (nSPS) is 10.9. The van der Waals surface area contributed by atoms with E-state index in [-0.39, 0.29) is 60.8 Å². The van der Waals surface area contributed by atoms with Crippen molar-refractivity contribution in [3.63, 3.8) is 0 Å². The molecule has 0 fully saturated rings. The summed E-state index contributed by atoms with van der Waals surface area (Å²) >= 11 is 0. The van der Waals surface area contributed by atoms with Crippen molar-refractivity contribution >= 4 is 88.7 Å². The van der Waals surface area contributed by atoms with Crippen molar-refractivity contribution in [3.05, 3.63) is 223 Å². The minimum absolute atomic E-state index is 0.0964. The van der Waals surface area contributed by atoms with Crippen molar-refractivity contribution < 1.29 is 52.6 Å². The van der Waals surface area contributed by atoms with E-state index in [1.54, 1.807) is 55.4 Å². The number of nitrogens with zero attached hydrogens (tertiary/aromatic N) is 7. The first-order valence-corrected chi connectivity index (χ1v) is 34.1. The van der Waals surface area contributed by atoms with Gasteiger partial charge in [0.1, 0.15) is 19.0 Å². The number of carbonyl (C=O) groups excluding carboxylic acids is 8. The van der Waals surface area contributed by atoms with E-state index < -0.39 is 0 Å². The third-order valence-electron chi connectivity index (χ3n) is 16.6. The number of aliphatic imine (C=N–C) groups is 1. The molecular formula is C82H89N15O11. The molecule has 2 atom stereocenters. The Labute approximate surface area is 626 Å². The minimum atomic E-state index is -0.341. The van der Waals surface area contributed by atoms with Gasteiger partial charge in [0, 0.05) is 119 Å². The molecule has 0 bridgehead atoms. The standard InChI is InChI=1S/C23H26N4O2.C20H22N4O2.C19H19N5O.C18H22N2O2.2CO2/c1-3-15(23(28)29-4-2)7-17-8-16(19-12-26-14-27-13-19)5-6-22(17)18-9-20(24)11-21(25)10-18;1-24-12-16(11-21)13-3-5-19(14(7-13)4-6-20(25)26-2)15-8-17(22)10-18(23)9-15;20-16-6-14(7-17(21)8-16)18-3-1-12(15-9-23-11-24-10-15)5-13(18)2-4-19(22)25;1-4-14(18(21)22-5-2)8-16-9-15(7-6-13(16)3)17-10-19-12-20-11-17;2*2-1-3/h5-6,8-15H,3-4,7,24-25H2,1-2H3;3,5,7-12,21H,1,4,6,22-23H2,2H3;1,3,5-11H,2,4,20-21H2,(H2,22,25);6-7,9-12,14H,4-5,8H2,1-3H3;;/b;16-12+,21-11?;;;;. The maximum Gasteiger partial charge on any atom is 0.373 e. The molecule has 26 heteroatoms. The van der Waals surface area contributed by atoms with Crippen LogP contribution < -0.4 is 40.1 Å². The highest BCUT2D eigenvalue weighted by Gasteiger charge is 2.23. The van der Waals surface area contributed by atoms with Crippen molar-refractivity contribution in [2.45, 2.75) is 86.0 Å². The first-order valence-electron chi connectivity index (χ1n) is 34.1. The van der Waals surface area contributed by atoms with Crippen molar-refractivity contribution in [1.82, 2.24) is 29.9 Å². The van der Waals surface area contributed by atoms with Crippen LogP contribution in [-0.2, 0) is 78.3 Å². The number of methoxy groups -OCH3 is 1. The molecule has 10 rings (SSSR count). The van der Waals surface area contributed by atoms with Gasteiger partial charge in [-0.3, -0.25) is 24.2 Å². The molecule has 0 radical (unpaired) electrons. The fourth-order valence-electron chi connectivity index (χ4n) is 11.4. The zero-order valence-electron chi connectivity index (χ0n) is 61.1. The third kappa shape index (κ3) is 26.8. The predicted molar refractivity (Wildman–Crippen MR) is 419 cm³/mol. The number of hydrogen-bond acceptors (Lipinski definition) is 25. The van der Waals surface area contributed by atoms with Crippen molar-refractivity contribution in [3.8, 4) is 66.8 Å². The van der Waals surface area contributed by atoms with Crippen molar-refractivity contribution in [2.75, 3.05) is 54.7 Å². The Morgan fingerprint density at radius 1 is 0.472 bits per heavy atom. The molecule has 0 saturated carbocycles. The van der Waals surface area contributed by atoms with E-state index >= 15 is 0 Å². The van der Waals surface area contributed by atoms with E-state index in [9.17, 15) is 19.2 Å². The molecular weight excluding hydrogens is 1370 g/mol. The number of rotatable bonds is 25. The number of aromatic nitrogens is 6. The van der Waals surface area contributed by atoms with Crippen LogP contribution in [0.15, 0.2) is 195 Å². The molecule has 0 spiro atoms. The van der Waals surface area contributed by atoms with Gasteiger partial charge in [-0.05, 0) is 204 Å². The number of benzene rings is 7. The molecule has 558 valence electrons. The van der Waals surface area contributed by atoms with Gasteiger partial charge in [0.05, 0.1) is 32.2 Å². The summed E-state index contributed by atoms with van der Waals surface area (Å²) in [6, 6.07) is 40.5. The lowest BCUT2D eigenvalue weighted by Crippen LogP contribution is -2.19. The van der Waals surface area contributed by atoms with Gasteiger partial charge in [-0.15, -0.1) is 0 Å². The van der Waals surface area contributed by atoms with Crippen LogP contribution in [0, 0.1) is 24.2 Å². The molecule has 1 amide bonds. The van der Waals surface area contributed by atoms with Crippen LogP contribution in [0.1, 0.15) is 86.8 Å². The molecule has 3 heterocycles. The third-order valence-corrected chi connectivity index (χ3v) is 16.6. The highest BCUT2D eigenvalue weighted by Crippen LogP contribution is 2.36. The highest BCUT2D eigenvalue weighted by atomic mass is 16.5. The number of nitrogens with two attached hydrogens (primary N) is 7. The Hall–Kier alpha value is -13.7. The summed E-state index contributed by atoms with van der Waals surface area (Å²) in [6.45, 7) is 14.0. The number of primary amides is 1. The molecule has 26 nitrogen and oxygen atoms in total. The largest absolute Gasteiger partial charge is 0.469 e. The van der Waals surface area contributed by atoms with Crippen molar-refractivity contribution in [1.29, 1.82) is 5.41 Å². The number of allylic oxidation sites excluding steroid dienone is 1. The van der Waals surface area contributed by atoms with Crippen LogP contribution in [0.25, 0.3) is 72.3 Å².